The largest absolute Gasteiger partial charge is 0.384 e. The molecule has 1 unspecified atom stereocenters. The number of ether oxygens (including phenoxy) is 1. The maximum Gasteiger partial charge on any atom is 0.325 e. The first-order chi connectivity index (χ1) is 11.5. The number of aromatic amines is 2. The van der Waals surface area contributed by atoms with E-state index in [4.69, 9.17) is 4.74 Å². The van der Waals surface area contributed by atoms with Crippen molar-refractivity contribution < 1.29 is 4.74 Å². The number of hydrogen-bond donors (Lipinski definition) is 2. The minimum Gasteiger partial charge on any atom is -0.384 e. The van der Waals surface area contributed by atoms with Crippen molar-refractivity contribution in [1.82, 2.24) is 19.6 Å². The molecular weight excluding hydrogens is 310 g/mol. The van der Waals surface area contributed by atoms with E-state index >= 15 is 0 Å². The molecular formula is C16H19N5O3. The van der Waals surface area contributed by atoms with Gasteiger partial charge in [0, 0.05) is 44.1 Å². The van der Waals surface area contributed by atoms with E-state index in [0.29, 0.717) is 29.5 Å². The Morgan fingerprint density at radius 1 is 1.46 bits per heavy atom. The molecule has 1 saturated carbocycles. The molecule has 0 amide bonds. The van der Waals surface area contributed by atoms with Crippen molar-refractivity contribution in [3.05, 3.63) is 50.8 Å². The lowest BCUT2D eigenvalue weighted by atomic mass is 9.76. The van der Waals surface area contributed by atoms with E-state index in [-0.39, 0.29) is 5.41 Å². The number of nitrogens with one attached hydrogen (secondary N) is 2. The number of imidazole rings is 1. The minimum absolute atomic E-state index is 0.216. The standard InChI is InChI=1S/C16H19N5O3/c1-16(11-5-9(11)8-24-2)6-12(20-21-4-3-17-14(16)21)10-7-18-15(23)19-13(10)22/h3-4,7,9,11H,5-6,8H2,1-2H3,(H2,18,19,22,23)/t9-,11+,16?/m1/s1. The van der Waals surface area contributed by atoms with Crippen molar-refractivity contribution in [2.75, 3.05) is 13.7 Å². The van der Waals surface area contributed by atoms with Gasteiger partial charge in [-0.25, -0.2) is 14.5 Å². The Morgan fingerprint density at radius 3 is 3.04 bits per heavy atom. The summed E-state index contributed by atoms with van der Waals surface area (Å²) >= 11 is 0. The molecule has 0 radical (unpaired) electrons. The molecule has 2 aromatic rings. The summed E-state index contributed by atoms with van der Waals surface area (Å²) in [5.41, 5.74) is -0.110. The summed E-state index contributed by atoms with van der Waals surface area (Å²) in [4.78, 5) is 32.7. The summed E-state index contributed by atoms with van der Waals surface area (Å²) in [5, 5.41) is 4.54. The first kappa shape index (κ1) is 15.1. The first-order valence-corrected chi connectivity index (χ1v) is 7.96. The van der Waals surface area contributed by atoms with Crippen LogP contribution in [0.4, 0.5) is 0 Å². The average Bonchev–Trinajstić information content (AvgIpc) is 3.14. The quantitative estimate of drug-likeness (QED) is 0.850. The zero-order valence-corrected chi connectivity index (χ0v) is 13.6. The fraction of sp³-hybridized carbons (Fsp3) is 0.500. The molecule has 126 valence electrons. The van der Waals surface area contributed by atoms with Gasteiger partial charge in [0.05, 0.1) is 11.3 Å². The highest BCUT2D eigenvalue weighted by molar-refractivity contribution is 6.01. The van der Waals surface area contributed by atoms with Gasteiger partial charge in [-0.2, -0.15) is 5.10 Å². The smallest absolute Gasteiger partial charge is 0.325 e. The van der Waals surface area contributed by atoms with Crippen LogP contribution >= 0.6 is 0 Å². The number of H-pyrrole nitrogens is 2. The number of aromatic nitrogens is 4. The third-order valence-electron chi connectivity index (χ3n) is 5.15. The Balaban J connectivity index is 1.77. The van der Waals surface area contributed by atoms with E-state index in [9.17, 15) is 9.59 Å². The van der Waals surface area contributed by atoms with Crippen molar-refractivity contribution in [2.45, 2.75) is 25.2 Å². The summed E-state index contributed by atoms with van der Waals surface area (Å²) in [6.07, 6.45) is 6.63. The van der Waals surface area contributed by atoms with Crippen molar-refractivity contribution >= 4 is 5.71 Å². The van der Waals surface area contributed by atoms with E-state index < -0.39 is 11.2 Å². The topological polar surface area (TPSA) is 105 Å². The molecule has 0 saturated heterocycles. The number of rotatable bonds is 4. The Morgan fingerprint density at radius 2 is 2.29 bits per heavy atom. The fourth-order valence-electron chi connectivity index (χ4n) is 3.88. The van der Waals surface area contributed by atoms with Gasteiger partial charge in [0.1, 0.15) is 5.82 Å². The second kappa shape index (κ2) is 5.27. The van der Waals surface area contributed by atoms with Crippen LogP contribution in [0, 0.1) is 11.8 Å². The van der Waals surface area contributed by atoms with Crippen molar-refractivity contribution in [3.63, 3.8) is 0 Å². The number of fused-ring (bicyclic) bond motifs is 1. The third-order valence-corrected chi connectivity index (χ3v) is 5.15. The van der Waals surface area contributed by atoms with E-state index in [1.54, 1.807) is 24.2 Å². The van der Waals surface area contributed by atoms with Crippen molar-refractivity contribution in [3.8, 4) is 0 Å². The lowest BCUT2D eigenvalue weighted by Crippen LogP contribution is -2.38. The maximum atomic E-state index is 12.2. The van der Waals surface area contributed by atoms with E-state index in [1.807, 2.05) is 0 Å². The predicted octanol–water partition coefficient (Wildman–Crippen LogP) is 0.456. The molecule has 24 heavy (non-hydrogen) atoms. The van der Waals surface area contributed by atoms with E-state index in [2.05, 4.69) is 27.0 Å². The highest BCUT2D eigenvalue weighted by atomic mass is 16.5. The molecule has 1 fully saturated rings. The lowest BCUT2D eigenvalue weighted by Gasteiger charge is -2.33. The lowest BCUT2D eigenvalue weighted by molar-refractivity contribution is 0.172. The number of nitrogens with zero attached hydrogens (tertiary/aromatic N) is 3. The van der Waals surface area contributed by atoms with Crippen LogP contribution in [0.15, 0.2) is 33.3 Å². The number of hydrogen-bond acceptors (Lipinski definition) is 5. The van der Waals surface area contributed by atoms with Gasteiger partial charge in [-0.1, -0.05) is 6.92 Å². The Bertz CT molecular complexity index is 924. The molecule has 2 N–H and O–H groups in total. The van der Waals surface area contributed by atoms with Crippen LogP contribution in [0.5, 0.6) is 0 Å². The Hall–Kier alpha value is -2.48. The van der Waals surface area contributed by atoms with Crippen LogP contribution < -0.4 is 11.2 Å². The second-order valence-electron chi connectivity index (χ2n) is 6.78. The molecule has 8 nitrogen and oxygen atoms in total. The SMILES string of the molecule is COC[C@H]1C[C@@H]1C1(C)CC(c2c[nH]c(=O)[nH]c2=O)=Nn2ccnc21. The van der Waals surface area contributed by atoms with Crippen molar-refractivity contribution in [1.29, 1.82) is 0 Å². The van der Waals surface area contributed by atoms with Gasteiger partial charge < -0.3 is 9.72 Å². The molecule has 3 atom stereocenters. The number of methoxy groups -OCH3 is 1. The molecule has 1 aliphatic carbocycles. The van der Waals surface area contributed by atoms with Gasteiger partial charge >= 0.3 is 5.69 Å². The Labute approximate surface area is 137 Å². The molecule has 4 rings (SSSR count). The normalized spacial score (nSPS) is 28.3. The summed E-state index contributed by atoms with van der Waals surface area (Å²) in [6, 6.07) is 0. The average molecular weight is 329 g/mol. The summed E-state index contributed by atoms with van der Waals surface area (Å²) in [6.45, 7) is 2.90. The highest BCUT2D eigenvalue weighted by Gasteiger charge is 2.54. The van der Waals surface area contributed by atoms with Gasteiger partial charge in [-0.05, 0) is 18.3 Å². The van der Waals surface area contributed by atoms with Crippen LogP contribution in [0.1, 0.15) is 31.2 Å². The van der Waals surface area contributed by atoms with Gasteiger partial charge in [-0.3, -0.25) is 9.78 Å². The molecule has 0 spiro atoms. The molecule has 2 aliphatic rings. The van der Waals surface area contributed by atoms with Gasteiger partial charge in [-0.15, -0.1) is 0 Å². The van der Waals surface area contributed by atoms with Crippen LogP contribution in [0.25, 0.3) is 0 Å². The van der Waals surface area contributed by atoms with Crippen LogP contribution in [0.2, 0.25) is 0 Å². The highest BCUT2D eigenvalue weighted by Crippen LogP contribution is 2.54. The van der Waals surface area contributed by atoms with Gasteiger partial charge in [0.25, 0.3) is 5.56 Å². The molecule has 3 heterocycles. The third kappa shape index (κ3) is 2.25. The molecule has 8 heteroatoms. The van der Waals surface area contributed by atoms with Crippen LogP contribution in [-0.4, -0.2) is 39.1 Å². The van der Waals surface area contributed by atoms with Crippen LogP contribution in [0.3, 0.4) is 0 Å². The van der Waals surface area contributed by atoms with Gasteiger partial charge in [0.15, 0.2) is 0 Å². The maximum absolute atomic E-state index is 12.2. The van der Waals surface area contributed by atoms with Gasteiger partial charge in [0.2, 0.25) is 0 Å². The predicted molar refractivity (Wildman–Crippen MR) is 87.3 cm³/mol. The minimum atomic E-state index is -0.520. The zero-order valence-electron chi connectivity index (χ0n) is 13.6. The van der Waals surface area contributed by atoms with Crippen molar-refractivity contribution in [2.24, 2.45) is 16.9 Å². The molecule has 1 aliphatic heterocycles. The summed E-state index contributed by atoms with van der Waals surface area (Å²) in [5.74, 6) is 1.85. The summed E-state index contributed by atoms with van der Waals surface area (Å²) in [7, 11) is 1.71. The first-order valence-electron chi connectivity index (χ1n) is 7.96. The molecule has 2 aromatic heterocycles. The summed E-state index contributed by atoms with van der Waals surface area (Å²) < 4.78 is 7.03. The fourth-order valence-corrected chi connectivity index (χ4v) is 3.88. The second-order valence-corrected chi connectivity index (χ2v) is 6.78. The van der Waals surface area contributed by atoms with Crippen LogP contribution in [-0.2, 0) is 10.2 Å². The monoisotopic (exact) mass is 329 g/mol. The van der Waals surface area contributed by atoms with E-state index in [0.717, 1.165) is 18.9 Å². The molecule has 0 bridgehead atoms. The zero-order chi connectivity index (χ0) is 16.9. The Kier molecular flexibility index (Phi) is 3.31. The van der Waals surface area contributed by atoms with E-state index in [1.165, 1.54) is 6.20 Å². The molecule has 0 aromatic carbocycles.